The molecule has 4 atom stereocenters. The van der Waals surface area contributed by atoms with Gasteiger partial charge in [-0.1, -0.05) is 44.2 Å². The lowest BCUT2D eigenvalue weighted by molar-refractivity contribution is -0.139. The molecule has 3 rings (SSSR count). The maximum Gasteiger partial charge on any atom is 0.303 e. The first-order chi connectivity index (χ1) is 13.5. The van der Waals surface area contributed by atoms with Crippen molar-refractivity contribution in [3.05, 3.63) is 59.9 Å². The van der Waals surface area contributed by atoms with Crippen molar-refractivity contribution in [2.75, 3.05) is 0 Å². The van der Waals surface area contributed by atoms with Crippen molar-refractivity contribution in [2.24, 2.45) is 23.7 Å². The van der Waals surface area contributed by atoms with E-state index in [1.807, 2.05) is 42.6 Å². The Morgan fingerprint density at radius 1 is 1.21 bits per heavy atom. The predicted molar refractivity (Wildman–Crippen MR) is 110 cm³/mol. The maximum absolute atomic E-state index is 11.0. The first-order valence-electron chi connectivity index (χ1n) is 9.85. The van der Waals surface area contributed by atoms with Gasteiger partial charge < -0.3 is 5.11 Å². The summed E-state index contributed by atoms with van der Waals surface area (Å²) in [5.41, 5.74) is 3.37. The minimum Gasteiger partial charge on any atom is -0.481 e. The number of carboxylic acids is 1. The zero-order valence-corrected chi connectivity index (χ0v) is 16.4. The fourth-order valence-corrected chi connectivity index (χ4v) is 4.25. The number of carboxylic acid groups (broad SMARTS) is 1. The summed E-state index contributed by atoms with van der Waals surface area (Å²) in [7, 11) is 0. The second-order valence-electron chi connectivity index (χ2n) is 7.81. The fourth-order valence-electron chi connectivity index (χ4n) is 4.25. The molecule has 1 aromatic carbocycles. The van der Waals surface area contributed by atoms with Crippen LogP contribution >= 0.6 is 0 Å². The highest BCUT2D eigenvalue weighted by atomic mass is 16.4. The van der Waals surface area contributed by atoms with Crippen LogP contribution < -0.4 is 0 Å². The zero-order valence-electron chi connectivity index (χ0n) is 16.4. The Hall–Kier alpha value is -2.93. The van der Waals surface area contributed by atoms with Gasteiger partial charge in [-0.15, -0.1) is 0 Å². The van der Waals surface area contributed by atoms with Gasteiger partial charge in [-0.2, -0.15) is 5.26 Å². The van der Waals surface area contributed by atoms with Crippen molar-refractivity contribution in [3.8, 4) is 17.2 Å². The highest BCUT2D eigenvalue weighted by molar-refractivity contribution is 5.70. The van der Waals surface area contributed by atoms with Crippen molar-refractivity contribution in [1.29, 1.82) is 5.26 Å². The molecule has 0 saturated heterocycles. The highest BCUT2D eigenvalue weighted by Crippen LogP contribution is 2.40. The van der Waals surface area contributed by atoms with Crippen LogP contribution in [0.5, 0.6) is 0 Å². The van der Waals surface area contributed by atoms with Gasteiger partial charge in [0, 0.05) is 23.7 Å². The lowest BCUT2D eigenvalue weighted by Gasteiger charge is -2.38. The largest absolute Gasteiger partial charge is 0.481 e. The van der Waals surface area contributed by atoms with Gasteiger partial charge in [-0.05, 0) is 54.7 Å². The quantitative estimate of drug-likeness (QED) is 0.760. The van der Waals surface area contributed by atoms with Crippen molar-refractivity contribution >= 4 is 12.0 Å². The van der Waals surface area contributed by atoms with Gasteiger partial charge in [0.2, 0.25) is 0 Å². The third-order valence-corrected chi connectivity index (χ3v) is 6.21. The average Bonchev–Trinajstić information content (AvgIpc) is 2.71. The van der Waals surface area contributed by atoms with E-state index in [1.54, 1.807) is 0 Å². The van der Waals surface area contributed by atoms with Gasteiger partial charge in [0.25, 0.3) is 0 Å². The minimum absolute atomic E-state index is 0.273. The molecule has 4 heteroatoms. The van der Waals surface area contributed by atoms with Crippen molar-refractivity contribution in [1.82, 2.24) is 4.98 Å². The molecule has 144 valence electrons. The number of rotatable bonds is 5. The van der Waals surface area contributed by atoms with E-state index in [0.29, 0.717) is 23.3 Å². The number of carbonyl (C=O) groups is 1. The number of allylic oxidation sites excluding steroid dienone is 1. The summed E-state index contributed by atoms with van der Waals surface area (Å²) in [6.45, 7) is 4.40. The van der Waals surface area contributed by atoms with Crippen LogP contribution in [0.1, 0.15) is 44.4 Å². The number of nitriles is 1. The Balaban J connectivity index is 1.68. The first kappa shape index (κ1) is 19.8. The Morgan fingerprint density at radius 2 is 2.00 bits per heavy atom. The highest BCUT2D eigenvalue weighted by Gasteiger charge is 2.33. The first-order valence-corrected chi connectivity index (χ1v) is 9.85. The molecule has 0 bridgehead atoms. The molecule has 0 amide bonds. The van der Waals surface area contributed by atoms with Crippen LogP contribution in [0.25, 0.3) is 17.2 Å². The molecule has 1 heterocycles. The zero-order chi connectivity index (χ0) is 20.1. The molecule has 0 aliphatic heterocycles. The third kappa shape index (κ3) is 4.48. The number of hydrogen-bond donors (Lipinski definition) is 1. The van der Waals surface area contributed by atoms with E-state index in [-0.39, 0.29) is 12.3 Å². The maximum atomic E-state index is 11.0. The topological polar surface area (TPSA) is 74.0 Å². The molecule has 1 N–H and O–H groups in total. The number of aliphatic carboxylic acids is 1. The minimum atomic E-state index is -0.694. The number of pyridine rings is 1. The summed E-state index contributed by atoms with van der Waals surface area (Å²) in [5.74, 6) is 0.879. The van der Waals surface area contributed by atoms with E-state index < -0.39 is 5.97 Å². The Bertz CT molecular complexity index is 896. The van der Waals surface area contributed by atoms with E-state index in [4.69, 9.17) is 5.11 Å². The van der Waals surface area contributed by atoms with E-state index in [1.165, 1.54) is 0 Å². The van der Waals surface area contributed by atoms with Crippen LogP contribution in [-0.2, 0) is 4.79 Å². The fraction of sp³-hybridized carbons (Fsp3) is 0.375. The summed E-state index contributed by atoms with van der Waals surface area (Å²) in [6.07, 6.45) is 8.35. The molecule has 1 aliphatic rings. The summed E-state index contributed by atoms with van der Waals surface area (Å²) < 4.78 is 0. The molecule has 28 heavy (non-hydrogen) atoms. The molecule has 1 aromatic heterocycles. The van der Waals surface area contributed by atoms with Crippen LogP contribution in [0.4, 0.5) is 0 Å². The van der Waals surface area contributed by atoms with Crippen LogP contribution in [-0.4, -0.2) is 16.1 Å². The Morgan fingerprint density at radius 3 is 2.68 bits per heavy atom. The molecule has 0 spiro atoms. The van der Waals surface area contributed by atoms with Crippen molar-refractivity contribution in [3.63, 3.8) is 0 Å². The summed E-state index contributed by atoms with van der Waals surface area (Å²) in [6, 6.07) is 13.7. The third-order valence-electron chi connectivity index (χ3n) is 6.21. The van der Waals surface area contributed by atoms with Crippen molar-refractivity contribution in [2.45, 2.75) is 33.1 Å². The predicted octanol–water partition coefficient (Wildman–Crippen LogP) is 5.41. The number of aromatic nitrogens is 1. The molecular formula is C24H26N2O2. The molecule has 1 saturated carbocycles. The van der Waals surface area contributed by atoms with E-state index >= 15 is 0 Å². The Kier molecular flexibility index (Phi) is 6.26. The number of hydrogen-bond acceptors (Lipinski definition) is 3. The van der Waals surface area contributed by atoms with Crippen LogP contribution in [0, 0.1) is 35.0 Å². The SMILES string of the molecule is CC1C(/C=C/c2ccc(-c3ccccc3C#N)cn2)CCC(CC(=O)O)C1C. The molecule has 1 fully saturated rings. The lowest BCUT2D eigenvalue weighted by atomic mass is 9.67. The van der Waals surface area contributed by atoms with Gasteiger partial charge in [0.15, 0.2) is 0 Å². The second-order valence-corrected chi connectivity index (χ2v) is 7.81. The summed E-state index contributed by atoms with van der Waals surface area (Å²) >= 11 is 0. The lowest BCUT2D eigenvalue weighted by Crippen LogP contribution is -2.31. The van der Waals surface area contributed by atoms with E-state index in [0.717, 1.165) is 29.7 Å². The second kappa shape index (κ2) is 8.84. The molecule has 0 radical (unpaired) electrons. The summed E-state index contributed by atoms with van der Waals surface area (Å²) in [5, 5.41) is 18.3. The molecule has 4 nitrogen and oxygen atoms in total. The molecule has 1 aliphatic carbocycles. The van der Waals surface area contributed by atoms with Gasteiger partial charge in [0.1, 0.15) is 0 Å². The average molecular weight is 374 g/mol. The standard InChI is InChI=1S/C24H26N2O2/c1-16-17(2)19(13-24(27)28)8-7-18(16)9-11-22-12-10-21(15-26-22)23-6-4-3-5-20(23)14-25/h3-6,9-12,15-19H,7-8,13H2,1-2H3,(H,27,28)/b11-9+. The monoisotopic (exact) mass is 374 g/mol. The van der Waals surface area contributed by atoms with Crippen LogP contribution in [0.2, 0.25) is 0 Å². The number of benzene rings is 1. The van der Waals surface area contributed by atoms with Crippen molar-refractivity contribution < 1.29 is 9.90 Å². The van der Waals surface area contributed by atoms with E-state index in [2.05, 4.69) is 37.1 Å². The smallest absolute Gasteiger partial charge is 0.303 e. The molecule has 4 unspecified atom stereocenters. The van der Waals surface area contributed by atoms with Crippen LogP contribution in [0.15, 0.2) is 48.7 Å². The van der Waals surface area contributed by atoms with Gasteiger partial charge in [-0.3, -0.25) is 9.78 Å². The molecule has 2 aromatic rings. The van der Waals surface area contributed by atoms with E-state index in [9.17, 15) is 10.1 Å². The van der Waals surface area contributed by atoms with Crippen LogP contribution in [0.3, 0.4) is 0 Å². The van der Waals surface area contributed by atoms with Gasteiger partial charge in [-0.25, -0.2) is 0 Å². The Labute approximate surface area is 166 Å². The molecular weight excluding hydrogens is 348 g/mol. The number of nitrogens with zero attached hydrogens (tertiary/aromatic N) is 2. The van der Waals surface area contributed by atoms with Gasteiger partial charge >= 0.3 is 5.97 Å². The summed E-state index contributed by atoms with van der Waals surface area (Å²) in [4.78, 5) is 15.6. The normalized spacial score (nSPS) is 24.8. The van der Waals surface area contributed by atoms with Gasteiger partial charge in [0.05, 0.1) is 17.3 Å².